The summed E-state index contributed by atoms with van der Waals surface area (Å²) in [6, 6.07) is 4.69. The molecule has 0 bridgehead atoms. The summed E-state index contributed by atoms with van der Waals surface area (Å²) in [5.74, 6) is 1.04. The van der Waals surface area contributed by atoms with Crippen molar-refractivity contribution in [3.63, 3.8) is 0 Å². The van der Waals surface area contributed by atoms with Crippen molar-refractivity contribution in [3.05, 3.63) is 28.8 Å². The number of rotatable bonds is 0. The molecule has 1 aliphatic carbocycles. The van der Waals surface area contributed by atoms with Gasteiger partial charge in [0.25, 0.3) is 0 Å². The molecule has 3 rings (SSSR count). The van der Waals surface area contributed by atoms with Crippen LogP contribution in [0.4, 0.5) is 0 Å². The van der Waals surface area contributed by atoms with Crippen LogP contribution in [0.1, 0.15) is 42.0 Å². The van der Waals surface area contributed by atoms with E-state index in [4.69, 9.17) is 10.5 Å². The van der Waals surface area contributed by atoms with E-state index >= 15 is 0 Å². The van der Waals surface area contributed by atoms with Crippen LogP contribution in [-0.4, -0.2) is 6.61 Å². The zero-order valence-corrected chi connectivity index (χ0v) is 8.96. The summed E-state index contributed by atoms with van der Waals surface area (Å²) in [5.41, 5.74) is 10.3. The molecule has 0 saturated carbocycles. The summed E-state index contributed by atoms with van der Waals surface area (Å²) >= 11 is 0. The highest BCUT2D eigenvalue weighted by Gasteiger charge is 2.21. The van der Waals surface area contributed by atoms with Crippen LogP contribution in [0.3, 0.4) is 0 Å². The smallest absolute Gasteiger partial charge is 0.124 e. The standard InChI is InChI=1S/C13H17NO/c14-12-5-6-15-13-8-10-4-2-1-3-9(10)7-11(12)13/h7-8,12H,1-6,14H2/t12-/m0/s1. The van der Waals surface area contributed by atoms with Crippen LogP contribution in [0.15, 0.2) is 12.1 Å². The molecule has 0 unspecified atom stereocenters. The molecule has 1 aromatic carbocycles. The van der Waals surface area contributed by atoms with Crippen molar-refractivity contribution in [1.82, 2.24) is 0 Å². The number of benzene rings is 1. The Hall–Kier alpha value is -1.02. The van der Waals surface area contributed by atoms with E-state index in [0.29, 0.717) is 0 Å². The first-order chi connectivity index (χ1) is 7.34. The fraction of sp³-hybridized carbons (Fsp3) is 0.538. The van der Waals surface area contributed by atoms with Gasteiger partial charge in [0.05, 0.1) is 6.61 Å². The third-order valence-electron chi connectivity index (χ3n) is 3.56. The van der Waals surface area contributed by atoms with Crippen molar-refractivity contribution in [3.8, 4) is 5.75 Å². The lowest BCUT2D eigenvalue weighted by Crippen LogP contribution is -2.21. The molecule has 2 heteroatoms. The summed E-state index contributed by atoms with van der Waals surface area (Å²) in [4.78, 5) is 0. The second-order valence-electron chi connectivity index (χ2n) is 4.61. The van der Waals surface area contributed by atoms with Gasteiger partial charge < -0.3 is 10.5 Å². The van der Waals surface area contributed by atoms with E-state index in [9.17, 15) is 0 Å². The number of fused-ring (bicyclic) bond motifs is 2. The van der Waals surface area contributed by atoms with Gasteiger partial charge in [-0.1, -0.05) is 6.07 Å². The monoisotopic (exact) mass is 203 g/mol. The quantitative estimate of drug-likeness (QED) is 0.702. The average Bonchev–Trinajstić information content (AvgIpc) is 2.27. The molecule has 0 saturated heterocycles. The minimum absolute atomic E-state index is 0.181. The van der Waals surface area contributed by atoms with Gasteiger partial charge in [0, 0.05) is 18.0 Å². The molecule has 2 nitrogen and oxygen atoms in total. The number of hydrogen-bond donors (Lipinski definition) is 1. The van der Waals surface area contributed by atoms with Crippen LogP contribution >= 0.6 is 0 Å². The highest BCUT2D eigenvalue weighted by Crippen LogP contribution is 2.35. The lowest BCUT2D eigenvalue weighted by Gasteiger charge is -2.26. The van der Waals surface area contributed by atoms with Crippen LogP contribution < -0.4 is 10.5 Å². The van der Waals surface area contributed by atoms with Gasteiger partial charge in [-0.05, 0) is 42.9 Å². The summed E-state index contributed by atoms with van der Waals surface area (Å²) in [6.45, 7) is 0.771. The Labute approximate surface area is 90.4 Å². The van der Waals surface area contributed by atoms with Gasteiger partial charge in [-0.25, -0.2) is 0 Å². The zero-order chi connectivity index (χ0) is 10.3. The first-order valence-electron chi connectivity index (χ1n) is 5.88. The maximum atomic E-state index is 6.10. The van der Waals surface area contributed by atoms with Gasteiger partial charge in [-0.15, -0.1) is 0 Å². The third kappa shape index (κ3) is 1.53. The SMILES string of the molecule is N[C@H]1CCOc2cc3c(cc21)CCCC3. The molecule has 0 spiro atoms. The van der Waals surface area contributed by atoms with E-state index in [0.717, 1.165) is 18.8 Å². The van der Waals surface area contributed by atoms with Crippen molar-refractivity contribution in [2.75, 3.05) is 6.61 Å². The maximum Gasteiger partial charge on any atom is 0.124 e. The van der Waals surface area contributed by atoms with Gasteiger partial charge in [0.2, 0.25) is 0 Å². The van der Waals surface area contributed by atoms with Gasteiger partial charge in [0.1, 0.15) is 5.75 Å². The van der Waals surface area contributed by atoms with E-state index in [-0.39, 0.29) is 6.04 Å². The minimum Gasteiger partial charge on any atom is -0.493 e. The van der Waals surface area contributed by atoms with Crippen LogP contribution in [0, 0.1) is 0 Å². The Morgan fingerprint density at radius 1 is 1.13 bits per heavy atom. The van der Waals surface area contributed by atoms with Crippen LogP contribution in [0.2, 0.25) is 0 Å². The van der Waals surface area contributed by atoms with Crippen LogP contribution in [0.25, 0.3) is 0 Å². The second-order valence-corrected chi connectivity index (χ2v) is 4.61. The maximum absolute atomic E-state index is 6.10. The summed E-state index contributed by atoms with van der Waals surface area (Å²) < 4.78 is 5.68. The molecule has 0 amide bonds. The zero-order valence-electron chi connectivity index (χ0n) is 8.96. The molecule has 2 aliphatic rings. The van der Waals surface area contributed by atoms with E-state index in [1.165, 1.54) is 42.4 Å². The van der Waals surface area contributed by atoms with Gasteiger partial charge in [-0.2, -0.15) is 0 Å². The predicted octanol–water partition coefficient (Wildman–Crippen LogP) is 2.35. The van der Waals surface area contributed by atoms with Crippen molar-refractivity contribution in [2.45, 2.75) is 38.1 Å². The topological polar surface area (TPSA) is 35.2 Å². The predicted molar refractivity (Wildman–Crippen MR) is 60.1 cm³/mol. The number of ether oxygens (including phenoxy) is 1. The molecule has 2 N–H and O–H groups in total. The number of hydrogen-bond acceptors (Lipinski definition) is 2. The van der Waals surface area contributed by atoms with Gasteiger partial charge >= 0.3 is 0 Å². The molecule has 0 radical (unpaired) electrons. The highest BCUT2D eigenvalue weighted by molar-refractivity contribution is 5.46. The Kier molecular flexibility index (Phi) is 2.17. The Balaban J connectivity index is 2.08. The van der Waals surface area contributed by atoms with Crippen molar-refractivity contribution in [1.29, 1.82) is 0 Å². The molecule has 1 heterocycles. The summed E-state index contributed by atoms with van der Waals surface area (Å²) in [6.07, 6.45) is 6.02. The van der Waals surface area contributed by atoms with Crippen LogP contribution in [-0.2, 0) is 12.8 Å². The third-order valence-corrected chi connectivity index (χ3v) is 3.56. The molecule has 0 aromatic heterocycles. The summed E-state index contributed by atoms with van der Waals surface area (Å²) in [5, 5.41) is 0. The van der Waals surface area contributed by atoms with Crippen molar-refractivity contribution < 1.29 is 4.74 Å². The molecule has 1 aromatic rings. The average molecular weight is 203 g/mol. The first-order valence-corrected chi connectivity index (χ1v) is 5.88. The fourth-order valence-corrected chi connectivity index (χ4v) is 2.65. The molecule has 80 valence electrons. The van der Waals surface area contributed by atoms with Crippen molar-refractivity contribution in [2.24, 2.45) is 5.73 Å². The molecule has 15 heavy (non-hydrogen) atoms. The van der Waals surface area contributed by atoms with E-state index < -0.39 is 0 Å². The Morgan fingerprint density at radius 2 is 1.87 bits per heavy atom. The number of aryl methyl sites for hydroxylation is 2. The summed E-state index contributed by atoms with van der Waals surface area (Å²) in [7, 11) is 0. The lowest BCUT2D eigenvalue weighted by atomic mass is 9.87. The first kappa shape index (κ1) is 9.22. The molecular weight excluding hydrogens is 186 g/mol. The fourth-order valence-electron chi connectivity index (χ4n) is 2.65. The van der Waals surface area contributed by atoms with Crippen LogP contribution in [0.5, 0.6) is 5.75 Å². The van der Waals surface area contributed by atoms with Gasteiger partial charge in [0.15, 0.2) is 0 Å². The molecular formula is C13H17NO. The molecule has 1 aliphatic heterocycles. The normalized spacial score (nSPS) is 23.9. The molecule has 1 atom stereocenters. The Bertz CT molecular complexity index is 386. The van der Waals surface area contributed by atoms with E-state index in [2.05, 4.69) is 12.1 Å². The largest absolute Gasteiger partial charge is 0.493 e. The number of nitrogens with two attached hydrogens (primary N) is 1. The van der Waals surface area contributed by atoms with E-state index in [1.807, 2.05) is 0 Å². The lowest BCUT2D eigenvalue weighted by molar-refractivity contribution is 0.268. The Morgan fingerprint density at radius 3 is 2.67 bits per heavy atom. The van der Waals surface area contributed by atoms with Gasteiger partial charge in [-0.3, -0.25) is 0 Å². The molecule has 0 fully saturated rings. The second kappa shape index (κ2) is 3.53. The minimum atomic E-state index is 0.181. The van der Waals surface area contributed by atoms with Crippen molar-refractivity contribution >= 4 is 0 Å². The highest BCUT2D eigenvalue weighted by atomic mass is 16.5. The van der Waals surface area contributed by atoms with E-state index in [1.54, 1.807) is 0 Å².